The van der Waals surface area contributed by atoms with Crippen LogP contribution in [0.15, 0.2) is 99.7 Å². The molecule has 160 valence electrons. The fourth-order valence-corrected chi connectivity index (χ4v) is 7.00. The van der Waals surface area contributed by atoms with Crippen LogP contribution in [-0.2, 0) is 6.54 Å². The molecule has 0 aliphatic carbocycles. The molecule has 0 amide bonds. The van der Waals surface area contributed by atoms with Crippen LogP contribution in [-0.4, -0.2) is 9.97 Å². The molecule has 0 radical (unpaired) electrons. The Hall–Kier alpha value is -3.15. The third kappa shape index (κ3) is 4.54. The van der Waals surface area contributed by atoms with Crippen LogP contribution in [0.3, 0.4) is 0 Å². The summed E-state index contributed by atoms with van der Waals surface area (Å²) in [7, 11) is -0.474. The van der Waals surface area contributed by atoms with Crippen molar-refractivity contribution in [2.45, 2.75) is 24.7 Å². The van der Waals surface area contributed by atoms with Crippen molar-refractivity contribution in [2.75, 3.05) is 5.32 Å². The highest BCUT2D eigenvalue weighted by Gasteiger charge is 2.19. The Morgan fingerprint density at radius 3 is 2.59 bits per heavy atom. The van der Waals surface area contributed by atoms with E-state index in [1.54, 1.807) is 11.3 Å². The average Bonchev–Trinajstić information content (AvgIpc) is 3.45. The molecular formula is C27H25N3S2. The van der Waals surface area contributed by atoms with Gasteiger partial charge < -0.3 is 5.32 Å². The van der Waals surface area contributed by atoms with Gasteiger partial charge in [0.2, 0.25) is 0 Å². The normalized spacial score (nSPS) is 16.2. The maximum atomic E-state index is 5.15. The predicted molar refractivity (Wildman–Crippen MR) is 139 cm³/mol. The smallest absolute Gasteiger partial charge is 0.138 e. The zero-order chi connectivity index (χ0) is 21.9. The minimum absolute atomic E-state index is 0.474. The molecule has 1 atom stereocenters. The van der Waals surface area contributed by atoms with Gasteiger partial charge in [0.15, 0.2) is 0 Å². The number of pyridine rings is 1. The maximum Gasteiger partial charge on any atom is 0.138 e. The number of hydrogen-bond acceptors (Lipinski definition) is 4. The van der Waals surface area contributed by atoms with Crippen molar-refractivity contribution in [3.05, 3.63) is 107 Å². The number of aromatic nitrogens is 2. The van der Waals surface area contributed by atoms with Crippen LogP contribution in [0.1, 0.15) is 18.1 Å². The summed E-state index contributed by atoms with van der Waals surface area (Å²) in [5.74, 6) is 0.874. The Bertz CT molecular complexity index is 1310. The fourth-order valence-electron chi connectivity index (χ4n) is 3.68. The van der Waals surface area contributed by atoms with Gasteiger partial charge in [-0.05, 0) is 59.6 Å². The summed E-state index contributed by atoms with van der Waals surface area (Å²) in [5.41, 5.74) is 7.17. The molecule has 1 aliphatic heterocycles. The molecule has 3 nitrogen and oxygen atoms in total. The summed E-state index contributed by atoms with van der Waals surface area (Å²) in [5, 5.41) is 8.11. The van der Waals surface area contributed by atoms with Crippen molar-refractivity contribution in [3.63, 3.8) is 0 Å². The van der Waals surface area contributed by atoms with Gasteiger partial charge in [0.1, 0.15) is 10.2 Å². The Balaban J connectivity index is 1.52. The molecule has 2 aromatic carbocycles. The minimum Gasteiger partial charge on any atom is -0.366 e. The van der Waals surface area contributed by atoms with Crippen LogP contribution in [0.25, 0.3) is 21.7 Å². The average molecular weight is 456 g/mol. The molecule has 2 aromatic heterocycles. The molecule has 32 heavy (non-hydrogen) atoms. The van der Waals surface area contributed by atoms with Gasteiger partial charge in [0.05, 0.1) is 10.6 Å². The number of thiol groups is 1. The summed E-state index contributed by atoms with van der Waals surface area (Å²) in [6, 6.07) is 23.2. The van der Waals surface area contributed by atoms with Gasteiger partial charge in [0, 0.05) is 18.3 Å². The van der Waals surface area contributed by atoms with Gasteiger partial charge in [-0.1, -0.05) is 60.2 Å². The number of anilines is 1. The first kappa shape index (κ1) is 20.7. The number of hydrogen-bond donors (Lipinski definition) is 2. The van der Waals surface area contributed by atoms with E-state index in [1.807, 2.05) is 12.3 Å². The molecule has 3 heterocycles. The van der Waals surface area contributed by atoms with Crippen molar-refractivity contribution in [1.82, 2.24) is 9.97 Å². The van der Waals surface area contributed by atoms with Crippen molar-refractivity contribution in [1.29, 1.82) is 0 Å². The van der Waals surface area contributed by atoms with Gasteiger partial charge in [-0.2, -0.15) is 10.9 Å². The van der Waals surface area contributed by atoms with E-state index in [2.05, 4.69) is 102 Å². The van der Waals surface area contributed by atoms with Crippen LogP contribution >= 0.6 is 22.2 Å². The lowest BCUT2D eigenvalue weighted by Crippen LogP contribution is -2.01. The van der Waals surface area contributed by atoms with Crippen molar-refractivity contribution in [3.8, 4) is 21.7 Å². The Labute approximate surface area is 195 Å². The van der Waals surface area contributed by atoms with E-state index >= 15 is 0 Å². The summed E-state index contributed by atoms with van der Waals surface area (Å²) >= 11 is 1.80. The molecule has 0 bridgehead atoms. The van der Waals surface area contributed by atoms with Crippen molar-refractivity contribution >= 4 is 28.0 Å². The second kappa shape index (κ2) is 9.15. The first-order chi connectivity index (χ1) is 15.7. The van der Waals surface area contributed by atoms with Crippen LogP contribution in [0, 0.1) is 6.92 Å². The molecule has 1 unspecified atom stereocenters. The molecule has 4 aromatic rings. The topological polar surface area (TPSA) is 37.8 Å². The number of rotatable bonds is 6. The summed E-state index contributed by atoms with van der Waals surface area (Å²) in [6.45, 7) is 5.03. The molecule has 1 N–H and O–H groups in total. The molecule has 5 rings (SSSR count). The number of allylic oxidation sites excluding steroid dienone is 2. The largest absolute Gasteiger partial charge is 0.366 e. The molecule has 0 saturated heterocycles. The fraction of sp³-hybridized carbons (Fsp3) is 0.111. The third-order valence-corrected chi connectivity index (χ3v) is 8.82. The molecule has 0 saturated carbocycles. The first-order valence-corrected chi connectivity index (χ1v) is 12.9. The zero-order valence-corrected chi connectivity index (χ0v) is 19.8. The van der Waals surface area contributed by atoms with E-state index in [0.29, 0.717) is 0 Å². The van der Waals surface area contributed by atoms with Crippen LogP contribution < -0.4 is 5.32 Å². The molecule has 0 fully saturated rings. The van der Waals surface area contributed by atoms with Gasteiger partial charge >= 0.3 is 0 Å². The van der Waals surface area contributed by atoms with E-state index < -0.39 is 10.9 Å². The first-order valence-electron chi connectivity index (χ1n) is 10.6. The maximum absolute atomic E-state index is 5.15. The standard InChI is InChI=1S/C27H25N3S2/c1-19-7-6-10-22(15-19)25-26(31-27(30-25)32-14-12-20(2)18-32)23-11-13-28-24(16-23)29-17-21-8-4-3-5-9-21/h3-16,18,32H,17H2,1-2H3,(H,28,29). The summed E-state index contributed by atoms with van der Waals surface area (Å²) in [6.07, 6.45) is 4.09. The Morgan fingerprint density at radius 2 is 1.81 bits per heavy atom. The van der Waals surface area contributed by atoms with Crippen molar-refractivity contribution in [2.24, 2.45) is 0 Å². The van der Waals surface area contributed by atoms with Crippen LogP contribution in [0.4, 0.5) is 5.82 Å². The zero-order valence-electron chi connectivity index (χ0n) is 18.1. The Morgan fingerprint density at radius 1 is 0.938 bits per heavy atom. The van der Waals surface area contributed by atoms with E-state index in [-0.39, 0.29) is 0 Å². The second-order valence-corrected chi connectivity index (χ2v) is 11.0. The van der Waals surface area contributed by atoms with E-state index in [0.717, 1.165) is 29.2 Å². The van der Waals surface area contributed by atoms with Crippen LogP contribution in [0.2, 0.25) is 0 Å². The second-order valence-electron chi connectivity index (χ2n) is 7.91. The summed E-state index contributed by atoms with van der Waals surface area (Å²) < 4.78 is 1.19. The minimum atomic E-state index is -0.474. The van der Waals surface area contributed by atoms with E-state index in [9.17, 15) is 0 Å². The lowest BCUT2D eigenvalue weighted by molar-refractivity contribution is 1.11. The lowest BCUT2D eigenvalue weighted by Gasteiger charge is -2.08. The van der Waals surface area contributed by atoms with Crippen molar-refractivity contribution < 1.29 is 0 Å². The monoisotopic (exact) mass is 455 g/mol. The van der Waals surface area contributed by atoms with Gasteiger partial charge in [-0.25, -0.2) is 9.97 Å². The number of thiazole rings is 1. The predicted octanol–water partition coefficient (Wildman–Crippen LogP) is 7.58. The van der Waals surface area contributed by atoms with Crippen LogP contribution in [0.5, 0.6) is 0 Å². The van der Waals surface area contributed by atoms with E-state index in [1.165, 1.54) is 25.9 Å². The molecular weight excluding hydrogens is 430 g/mol. The van der Waals surface area contributed by atoms with E-state index in [4.69, 9.17) is 4.98 Å². The van der Waals surface area contributed by atoms with Gasteiger partial charge in [-0.3, -0.25) is 0 Å². The highest BCUT2D eigenvalue weighted by Crippen LogP contribution is 2.50. The molecule has 1 aliphatic rings. The van der Waals surface area contributed by atoms with Gasteiger partial charge in [-0.15, -0.1) is 11.3 Å². The SMILES string of the molecule is CC1=C[SH](c2nc(-c3cccc(C)c3)c(-c3ccnc(NCc4ccccc4)c3)s2)C=C1. The highest BCUT2D eigenvalue weighted by atomic mass is 32.2. The quantitative estimate of drug-likeness (QED) is 0.294. The molecule has 0 spiro atoms. The lowest BCUT2D eigenvalue weighted by atomic mass is 10.1. The molecule has 5 heteroatoms. The Kier molecular flexibility index (Phi) is 5.93. The summed E-state index contributed by atoms with van der Waals surface area (Å²) in [4.78, 5) is 10.9. The number of benzene rings is 2. The number of aryl methyl sites for hydroxylation is 1. The number of nitrogens with zero attached hydrogens (tertiary/aromatic N) is 2. The van der Waals surface area contributed by atoms with Gasteiger partial charge in [0.25, 0.3) is 0 Å². The third-order valence-electron chi connectivity index (χ3n) is 5.31. The number of nitrogens with one attached hydrogen (secondary N) is 1. The highest BCUT2D eigenvalue weighted by molar-refractivity contribution is 8.23.